The van der Waals surface area contributed by atoms with Crippen LogP contribution in [0.1, 0.15) is 5.56 Å². The quantitative estimate of drug-likeness (QED) is 0.618. The number of nitrogens with one attached hydrogen (secondary N) is 1. The molecule has 3 N–H and O–H groups in total. The number of carbonyl (C=O) groups is 1. The number of rotatable bonds is 8. The number of benzene rings is 2. The zero-order valence-electron chi connectivity index (χ0n) is 14.3. The molecule has 0 unspecified atom stereocenters. The van der Waals surface area contributed by atoms with Crippen molar-refractivity contribution in [1.29, 1.82) is 0 Å². The van der Waals surface area contributed by atoms with Crippen LogP contribution in [0.2, 0.25) is 0 Å². The minimum Gasteiger partial charge on any atom is -0.329 e. The van der Waals surface area contributed by atoms with Crippen molar-refractivity contribution in [3.05, 3.63) is 54.1 Å². The van der Waals surface area contributed by atoms with Crippen molar-refractivity contribution in [2.24, 2.45) is 14.5 Å². The predicted octanol–water partition coefficient (Wildman–Crippen LogP) is 3.28. The molecule has 0 saturated heterocycles. The predicted molar refractivity (Wildman–Crippen MR) is 110 cm³/mol. The first kappa shape index (κ1) is 20.3. The van der Waals surface area contributed by atoms with Gasteiger partial charge < -0.3 is 11.1 Å². The van der Waals surface area contributed by atoms with E-state index in [0.29, 0.717) is 25.3 Å². The summed E-state index contributed by atoms with van der Waals surface area (Å²) >= 11 is 1.14. The van der Waals surface area contributed by atoms with Crippen LogP contribution < -0.4 is 11.1 Å². The Hall–Kier alpha value is -2.06. The zero-order chi connectivity index (χ0) is 17.5. The second kappa shape index (κ2) is 10.2. The van der Waals surface area contributed by atoms with Crippen LogP contribution in [0.5, 0.6) is 0 Å². The molecule has 2 aromatic rings. The number of anilines is 1. The van der Waals surface area contributed by atoms with Crippen molar-refractivity contribution in [2.75, 3.05) is 31.5 Å². The molecule has 3 rings (SSSR count). The largest absolute Gasteiger partial charge is 0.329 e. The number of nitrogens with zero attached hydrogens (tertiary/aromatic N) is 3. The summed E-state index contributed by atoms with van der Waals surface area (Å²) in [6, 6.07) is 15.8. The monoisotopic (exact) mass is 391 g/mol. The molecule has 1 aliphatic heterocycles. The molecule has 0 bridgehead atoms. The molecule has 0 aliphatic carbocycles. The molecule has 0 saturated carbocycles. The van der Waals surface area contributed by atoms with Gasteiger partial charge in [0.15, 0.2) is 0 Å². The van der Waals surface area contributed by atoms with Gasteiger partial charge in [0.1, 0.15) is 11.4 Å². The minimum atomic E-state index is -0.0676. The van der Waals surface area contributed by atoms with Gasteiger partial charge in [-0.1, -0.05) is 36.4 Å². The van der Waals surface area contributed by atoms with Crippen LogP contribution in [0.4, 0.5) is 17.1 Å². The fourth-order valence-electron chi connectivity index (χ4n) is 2.68. The number of amides is 1. The van der Waals surface area contributed by atoms with E-state index in [2.05, 4.69) is 31.1 Å². The molecule has 6 nitrogen and oxygen atoms in total. The van der Waals surface area contributed by atoms with Crippen LogP contribution >= 0.6 is 12.4 Å². The molecule has 0 radical (unpaired) electrons. The third kappa shape index (κ3) is 5.47. The van der Waals surface area contributed by atoms with E-state index in [1.807, 2.05) is 36.4 Å². The highest BCUT2D eigenvalue weighted by atomic mass is 35.5. The first-order chi connectivity index (χ1) is 12.3. The molecule has 138 valence electrons. The summed E-state index contributed by atoms with van der Waals surface area (Å²) in [7, 11) is 0. The van der Waals surface area contributed by atoms with Crippen LogP contribution in [-0.4, -0.2) is 37.0 Å². The number of halogens is 1. The van der Waals surface area contributed by atoms with Gasteiger partial charge in [-0.15, -0.1) is 12.4 Å². The lowest BCUT2D eigenvalue weighted by Crippen LogP contribution is -2.38. The van der Waals surface area contributed by atoms with E-state index in [4.69, 9.17) is 5.73 Å². The Balaban J connectivity index is 0.00000243. The van der Waals surface area contributed by atoms with E-state index in [0.717, 1.165) is 35.7 Å². The average molecular weight is 392 g/mol. The van der Waals surface area contributed by atoms with E-state index in [-0.39, 0.29) is 18.3 Å². The van der Waals surface area contributed by atoms with Crippen LogP contribution in [-0.2, 0) is 22.6 Å². The lowest BCUT2D eigenvalue weighted by molar-refractivity contribution is -0.117. The zero-order valence-corrected chi connectivity index (χ0v) is 15.9. The van der Waals surface area contributed by atoms with Crippen LogP contribution in [0.3, 0.4) is 0 Å². The normalized spacial score (nSPS) is 11.6. The van der Waals surface area contributed by atoms with E-state index < -0.39 is 0 Å². The van der Waals surface area contributed by atoms with Crippen molar-refractivity contribution < 1.29 is 4.79 Å². The van der Waals surface area contributed by atoms with Gasteiger partial charge in [0.05, 0.1) is 23.6 Å². The van der Waals surface area contributed by atoms with Gasteiger partial charge in [-0.25, -0.2) is 0 Å². The van der Waals surface area contributed by atoms with Gasteiger partial charge in [-0.2, -0.15) is 8.73 Å². The Morgan fingerprint density at radius 2 is 1.88 bits per heavy atom. The second-order valence-electron chi connectivity index (χ2n) is 5.79. The third-order valence-electron chi connectivity index (χ3n) is 3.93. The Labute approximate surface area is 163 Å². The molecule has 1 heterocycles. The summed E-state index contributed by atoms with van der Waals surface area (Å²) in [5, 5.41) is 2.94. The maximum absolute atomic E-state index is 12.4. The number of nitrogens with two attached hydrogens (primary N) is 1. The molecule has 26 heavy (non-hydrogen) atoms. The standard InChI is InChI=1S/C18H21N5OS.ClH/c19-10-12-23(11-9-14-5-2-1-3-6-14)13-17(24)20-15-7-4-8-16-18(15)22-25-21-16;/h1-8H,9-13,19H2,(H,20,24);1H. The fraction of sp³-hybridized carbons (Fsp3) is 0.278. The molecule has 8 heteroatoms. The van der Waals surface area contributed by atoms with Crippen molar-refractivity contribution in [2.45, 2.75) is 6.42 Å². The second-order valence-corrected chi connectivity index (χ2v) is 6.31. The summed E-state index contributed by atoms with van der Waals surface area (Å²) in [4.78, 5) is 14.5. The van der Waals surface area contributed by atoms with Crippen molar-refractivity contribution in [3.63, 3.8) is 0 Å². The topological polar surface area (TPSA) is 83.1 Å². The van der Waals surface area contributed by atoms with Gasteiger partial charge in [0.25, 0.3) is 0 Å². The Morgan fingerprint density at radius 1 is 1.08 bits per heavy atom. The number of hydrogen-bond donors (Lipinski definition) is 2. The molecule has 0 aromatic heterocycles. The Morgan fingerprint density at radius 3 is 2.65 bits per heavy atom. The molecular formula is C18H22ClN5OS. The number of carbonyl (C=O) groups excluding carboxylic acids is 1. The number of fused-ring (bicyclic) bond motifs is 1. The van der Waals surface area contributed by atoms with Crippen LogP contribution in [0.15, 0.2) is 57.3 Å². The smallest absolute Gasteiger partial charge is 0.238 e. The van der Waals surface area contributed by atoms with Crippen molar-refractivity contribution >= 4 is 46.7 Å². The van der Waals surface area contributed by atoms with Gasteiger partial charge in [0, 0.05) is 19.6 Å². The molecule has 0 spiro atoms. The van der Waals surface area contributed by atoms with E-state index in [1.54, 1.807) is 0 Å². The van der Waals surface area contributed by atoms with Gasteiger partial charge >= 0.3 is 0 Å². The third-order valence-corrected chi connectivity index (χ3v) is 4.47. The first-order valence-corrected chi connectivity index (χ1v) is 8.97. The average Bonchev–Trinajstić information content (AvgIpc) is 3.10. The highest BCUT2D eigenvalue weighted by Crippen LogP contribution is 2.38. The summed E-state index contributed by atoms with van der Waals surface area (Å²) in [6.07, 6.45) is 0.889. The van der Waals surface area contributed by atoms with Crippen molar-refractivity contribution in [1.82, 2.24) is 4.90 Å². The summed E-state index contributed by atoms with van der Waals surface area (Å²) in [5.74, 6) is -0.0676. The minimum absolute atomic E-state index is 0. The molecule has 2 aromatic carbocycles. The Bertz CT molecular complexity index is 808. The summed E-state index contributed by atoms with van der Waals surface area (Å²) in [5.41, 5.74) is 9.18. The molecular weight excluding hydrogens is 370 g/mol. The van der Waals surface area contributed by atoms with Crippen LogP contribution in [0, 0.1) is 0 Å². The van der Waals surface area contributed by atoms with Crippen molar-refractivity contribution in [3.8, 4) is 0 Å². The molecule has 1 amide bonds. The SMILES string of the molecule is Cl.NCCN(CCc1ccccc1)CC(=O)Nc1cccc2c1N=S=N2. The lowest BCUT2D eigenvalue weighted by Gasteiger charge is -2.21. The molecule has 0 fully saturated rings. The van der Waals surface area contributed by atoms with Gasteiger partial charge in [-0.3, -0.25) is 9.69 Å². The Kier molecular flexibility index (Phi) is 7.93. The maximum Gasteiger partial charge on any atom is 0.238 e. The van der Waals surface area contributed by atoms with E-state index >= 15 is 0 Å². The lowest BCUT2D eigenvalue weighted by atomic mass is 10.1. The maximum atomic E-state index is 12.4. The molecule has 1 aliphatic rings. The fourth-order valence-corrected chi connectivity index (χ4v) is 3.23. The van der Waals surface area contributed by atoms with Gasteiger partial charge in [0.2, 0.25) is 5.91 Å². The van der Waals surface area contributed by atoms with E-state index in [9.17, 15) is 4.79 Å². The number of hydrogen-bond acceptors (Lipinski definition) is 5. The summed E-state index contributed by atoms with van der Waals surface area (Å²) in [6.45, 7) is 2.30. The van der Waals surface area contributed by atoms with Gasteiger partial charge in [-0.05, 0) is 24.1 Å². The first-order valence-electron chi connectivity index (χ1n) is 8.24. The van der Waals surface area contributed by atoms with E-state index in [1.165, 1.54) is 5.56 Å². The highest BCUT2D eigenvalue weighted by molar-refractivity contribution is 7.58. The highest BCUT2D eigenvalue weighted by Gasteiger charge is 2.15. The molecule has 0 atom stereocenters. The van der Waals surface area contributed by atoms with Crippen LogP contribution in [0.25, 0.3) is 0 Å². The summed E-state index contributed by atoms with van der Waals surface area (Å²) < 4.78 is 8.44.